The molecule has 1 aromatic rings. The largest absolute Gasteiger partial charge is 0.482 e. The van der Waals surface area contributed by atoms with Gasteiger partial charge in [-0.3, -0.25) is 4.79 Å². The van der Waals surface area contributed by atoms with Gasteiger partial charge in [0.15, 0.2) is 6.61 Å². The van der Waals surface area contributed by atoms with Crippen molar-refractivity contribution in [2.24, 2.45) is 5.92 Å². The van der Waals surface area contributed by atoms with E-state index >= 15 is 0 Å². The highest BCUT2D eigenvalue weighted by Crippen LogP contribution is 2.27. The predicted molar refractivity (Wildman–Crippen MR) is 92.1 cm³/mol. The summed E-state index contributed by atoms with van der Waals surface area (Å²) < 4.78 is 5.09. The van der Waals surface area contributed by atoms with Crippen LogP contribution in [0.3, 0.4) is 0 Å². The first-order chi connectivity index (χ1) is 11.6. The van der Waals surface area contributed by atoms with Crippen molar-refractivity contribution in [2.45, 2.75) is 51.4 Å². The fourth-order valence-electron chi connectivity index (χ4n) is 3.14. The number of aliphatic carboxylic acids is 1. The van der Waals surface area contributed by atoms with Crippen LogP contribution in [0.5, 0.6) is 5.75 Å². The fraction of sp³-hybridized carbons (Fsp3) is 0.579. The highest BCUT2D eigenvalue weighted by molar-refractivity contribution is 5.75. The van der Waals surface area contributed by atoms with E-state index in [-0.39, 0.29) is 12.5 Å². The van der Waals surface area contributed by atoms with Gasteiger partial charge >= 0.3 is 5.97 Å². The number of nitrogens with one attached hydrogen (secondary N) is 1. The Hall–Kier alpha value is -2.04. The van der Waals surface area contributed by atoms with E-state index in [9.17, 15) is 9.59 Å². The van der Waals surface area contributed by atoms with Crippen LogP contribution in [0.1, 0.15) is 50.5 Å². The molecule has 1 amide bonds. The number of rotatable bonds is 9. The van der Waals surface area contributed by atoms with E-state index in [2.05, 4.69) is 5.32 Å². The molecule has 1 aliphatic carbocycles. The van der Waals surface area contributed by atoms with Gasteiger partial charge in [-0.1, -0.05) is 44.2 Å². The quantitative estimate of drug-likeness (QED) is 0.728. The molecule has 5 nitrogen and oxygen atoms in total. The molecular formula is C19H27NO4. The van der Waals surface area contributed by atoms with E-state index in [1.165, 1.54) is 32.1 Å². The molecule has 0 aliphatic heterocycles. The second-order valence-electron chi connectivity index (χ2n) is 6.47. The Balaban J connectivity index is 1.60. The average molecular weight is 333 g/mol. The number of amides is 1. The molecule has 1 fully saturated rings. The third kappa shape index (κ3) is 7.02. The Morgan fingerprint density at radius 3 is 2.50 bits per heavy atom. The fourth-order valence-corrected chi connectivity index (χ4v) is 3.14. The van der Waals surface area contributed by atoms with Crippen LogP contribution >= 0.6 is 0 Å². The van der Waals surface area contributed by atoms with Gasteiger partial charge in [0.25, 0.3) is 0 Å². The first kappa shape index (κ1) is 18.3. The standard InChI is InChI=1S/C19H27NO4/c21-18(11-8-15-4-2-1-3-5-15)20-13-12-16-6-9-17(10-7-16)24-14-19(22)23/h6-7,9-10,15H,1-5,8,11-14H2,(H,20,21)(H,22,23). The van der Waals surface area contributed by atoms with Gasteiger partial charge in [0.1, 0.15) is 5.75 Å². The van der Waals surface area contributed by atoms with Crippen LogP contribution < -0.4 is 10.1 Å². The summed E-state index contributed by atoms with van der Waals surface area (Å²) in [6, 6.07) is 7.29. The summed E-state index contributed by atoms with van der Waals surface area (Å²) in [5, 5.41) is 11.5. The number of carboxylic acids is 1. The molecule has 2 rings (SSSR count). The van der Waals surface area contributed by atoms with Gasteiger partial charge < -0.3 is 15.2 Å². The van der Waals surface area contributed by atoms with Crippen molar-refractivity contribution < 1.29 is 19.4 Å². The molecular weight excluding hydrogens is 306 g/mol. The second-order valence-corrected chi connectivity index (χ2v) is 6.47. The van der Waals surface area contributed by atoms with E-state index in [1.807, 2.05) is 12.1 Å². The first-order valence-corrected chi connectivity index (χ1v) is 8.83. The van der Waals surface area contributed by atoms with Gasteiger partial charge in [-0.2, -0.15) is 0 Å². The molecule has 0 heterocycles. The van der Waals surface area contributed by atoms with Crippen molar-refractivity contribution in [3.8, 4) is 5.75 Å². The minimum Gasteiger partial charge on any atom is -0.482 e. The predicted octanol–water partition coefficient (Wildman–Crippen LogP) is 3.17. The molecule has 1 saturated carbocycles. The highest BCUT2D eigenvalue weighted by atomic mass is 16.5. The number of benzene rings is 1. The molecule has 24 heavy (non-hydrogen) atoms. The number of hydrogen-bond acceptors (Lipinski definition) is 3. The lowest BCUT2D eigenvalue weighted by molar-refractivity contribution is -0.139. The summed E-state index contributed by atoms with van der Waals surface area (Å²) in [5.74, 6) is 0.428. The van der Waals surface area contributed by atoms with Crippen LogP contribution in [0, 0.1) is 5.92 Å². The van der Waals surface area contributed by atoms with Crippen molar-refractivity contribution in [1.29, 1.82) is 0 Å². The Morgan fingerprint density at radius 2 is 1.83 bits per heavy atom. The van der Waals surface area contributed by atoms with Gasteiger partial charge in [-0.25, -0.2) is 4.79 Å². The van der Waals surface area contributed by atoms with E-state index in [0.29, 0.717) is 18.7 Å². The zero-order valence-corrected chi connectivity index (χ0v) is 14.1. The molecule has 0 radical (unpaired) electrons. The first-order valence-electron chi connectivity index (χ1n) is 8.83. The molecule has 1 aromatic carbocycles. The Labute approximate surface area is 143 Å². The topological polar surface area (TPSA) is 75.6 Å². The lowest BCUT2D eigenvalue weighted by atomic mass is 9.86. The molecule has 0 atom stereocenters. The number of carboxylic acid groups (broad SMARTS) is 1. The summed E-state index contributed by atoms with van der Waals surface area (Å²) in [7, 11) is 0. The number of carbonyl (C=O) groups is 2. The van der Waals surface area contributed by atoms with E-state index < -0.39 is 5.97 Å². The van der Waals surface area contributed by atoms with Crippen LogP contribution in [0.2, 0.25) is 0 Å². The zero-order chi connectivity index (χ0) is 17.2. The summed E-state index contributed by atoms with van der Waals surface area (Å²) >= 11 is 0. The third-order valence-corrected chi connectivity index (χ3v) is 4.53. The second kappa shape index (κ2) is 9.96. The zero-order valence-electron chi connectivity index (χ0n) is 14.1. The van der Waals surface area contributed by atoms with E-state index in [0.717, 1.165) is 24.3 Å². The minimum absolute atomic E-state index is 0.141. The van der Waals surface area contributed by atoms with E-state index in [1.54, 1.807) is 12.1 Å². The minimum atomic E-state index is -0.991. The van der Waals surface area contributed by atoms with Crippen molar-refractivity contribution in [3.05, 3.63) is 29.8 Å². The maximum absolute atomic E-state index is 11.9. The molecule has 132 valence electrons. The Morgan fingerprint density at radius 1 is 1.12 bits per heavy atom. The maximum Gasteiger partial charge on any atom is 0.341 e. The summed E-state index contributed by atoms with van der Waals surface area (Å²) in [5.41, 5.74) is 1.09. The van der Waals surface area contributed by atoms with Gasteiger partial charge in [0.2, 0.25) is 5.91 Å². The molecule has 0 unspecified atom stereocenters. The molecule has 2 N–H and O–H groups in total. The molecule has 5 heteroatoms. The molecule has 0 saturated heterocycles. The number of ether oxygens (including phenoxy) is 1. The molecule has 0 bridgehead atoms. The van der Waals surface area contributed by atoms with Crippen LogP contribution in [0.4, 0.5) is 0 Å². The normalized spacial score (nSPS) is 15.0. The van der Waals surface area contributed by atoms with Crippen LogP contribution in [-0.2, 0) is 16.0 Å². The number of hydrogen-bond donors (Lipinski definition) is 2. The molecule has 0 spiro atoms. The maximum atomic E-state index is 11.9. The van der Waals surface area contributed by atoms with Gasteiger partial charge in [0.05, 0.1) is 0 Å². The van der Waals surface area contributed by atoms with Gasteiger partial charge in [-0.15, -0.1) is 0 Å². The summed E-state index contributed by atoms with van der Waals surface area (Å²) in [4.78, 5) is 22.3. The third-order valence-electron chi connectivity index (χ3n) is 4.53. The van der Waals surface area contributed by atoms with Gasteiger partial charge in [0, 0.05) is 13.0 Å². The van der Waals surface area contributed by atoms with Crippen molar-refractivity contribution >= 4 is 11.9 Å². The highest BCUT2D eigenvalue weighted by Gasteiger charge is 2.14. The van der Waals surface area contributed by atoms with Crippen LogP contribution in [0.15, 0.2) is 24.3 Å². The van der Waals surface area contributed by atoms with Crippen molar-refractivity contribution in [1.82, 2.24) is 5.32 Å². The molecule has 1 aliphatic rings. The van der Waals surface area contributed by atoms with Crippen molar-refractivity contribution in [3.63, 3.8) is 0 Å². The smallest absolute Gasteiger partial charge is 0.341 e. The van der Waals surface area contributed by atoms with Crippen molar-refractivity contribution in [2.75, 3.05) is 13.2 Å². The van der Waals surface area contributed by atoms with Crippen LogP contribution in [0.25, 0.3) is 0 Å². The lowest BCUT2D eigenvalue weighted by Gasteiger charge is -2.20. The average Bonchev–Trinajstić information content (AvgIpc) is 2.60. The SMILES string of the molecule is O=C(O)COc1ccc(CCNC(=O)CCC2CCCCC2)cc1. The Kier molecular flexibility index (Phi) is 7.59. The Bertz CT molecular complexity index is 521. The van der Waals surface area contributed by atoms with E-state index in [4.69, 9.17) is 9.84 Å². The summed E-state index contributed by atoms with van der Waals surface area (Å²) in [6.45, 7) is 0.287. The number of carbonyl (C=O) groups excluding carboxylic acids is 1. The summed E-state index contributed by atoms with van der Waals surface area (Å²) in [6.07, 6.45) is 8.95. The van der Waals surface area contributed by atoms with Gasteiger partial charge in [-0.05, 0) is 36.5 Å². The molecule has 0 aromatic heterocycles. The van der Waals surface area contributed by atoms with Crippen LogP contribution in [-0.4, -0.2) is 30.1 Å². The lowest BCUT2D eigenvalue weighted by Crippen LogP contribution is -2.26. The monoisotopic (exact) mass is 333 g/mol.